The zero-order valence-electron chi connectivity index (χ0n) is 14.2. The van der Waals surface area contributed by atoms with E-state index < -0.39 is 0 Å². The van der Waals surface area contributed by atoms with Gasteiger partial charge < -0.3 is 15.1 Å². The maximum atomic E-state index is 3.71. The van der Waals surface area contributed by atoms with Crippen LogP contribution in [0.25, 0.3) is 0 Å². The van der Waals surface area contributed by atoms with E-state index in [2.05, 4.69) is 43.3 Å². The first-order valence-electron chi connectivity index (χ1n) is 9.04. The highest BCUT2D eigenvalue weighted by Crippen LogP contribution is 2.15. The van der Waals surface area contributed by atoms with E-state index in [1.165, 1.54) is 84.0 Å². The van der Waals surface area contributed by atoms with Gasteiger partial charge in [0.2, 0.25) is 0 Å². The van der Waals surface area contributed by atoms with E-state index in [1.807, 2.05) is 0 Å². The molecule has 1 N–H and O–H groups in total. The summed E-state index contributed by atoms with van der Waals surface area (Å²) in [5.74, 6) is 1.25. The molecule has 0 amide bonds. The molecule has 3 saturated heterocycles. The van der Waals surface area contributed by atoms with Crippen molar-refractivity contribution in [1.29, 1.82) is 0 Å². The van der Waals surface area contributed by atoms with Crippen LogP contribution in [0.15, 0.2) is 0 Å². The minimum atomic E-state index is 0.669. The predicted molar refractivity (Wildman–Crippen MR) is 95.4 cm³/mol. The van der Waals surface area contributed by atoms with E-state index in [0.29, 0.717) is 6.04 Å². The fourth-order valence-corrected chi connectivity index (χ4v) is 4.79. The second-order valence-corrected chi connectivity index (χ2v) is 8.21. The van der Waals surface area contributed by atoms with Gasteiger partial charge in [-0.05, 0) is 33.0 Å². The first kappa shape index (κ1) is 17.0. The van der Waals surface area contributed by atoms with Gasteiger partial charge in [0.05, 0.1) is 0 Å². The van der Waals surface area contributed by atoms with Gasteiger partial charge in [0.25, 0.3) is 0 Å². The Morgan fingerprint density at radius 3 is 2.50 bits per heavy atom. The van der Waals surface area contributed by atoms with Crippen LogP contribution in [0.5, 0.6) is 0 Å². The summed E-state index contributed by atoms with van der Waals surface area (Å²) in [7, 11) is 2.23. The Bertz CT molecular complexity index is 316. The quantitative estimate of drug-likeness (QED) is 0.703. The van der Waals surface area contributed by atoms with E-state index >= 15 is 0 Å². The van der Waals surface area contributed by atoms with Gasteiger partial charge in [-0.25, -0.2) is 4.31 Å². The SMILES string of the molecule is CN1CCN(CCSN2CCN[C@@H](CN3CCCC3)C2)CC1. The molecule has 3 aliphatic rings. The van der Waals surface area contributed by atoms with Crippen molar-refractivity contribution in [1.82, 2.24) is 24.3 Å². The van der Waals surface area contributed by atoms with Gasteiger partial charge in [0.15, 0.2) is 0 Å². The van der Waals surface area contributed by atoms with Crippen LogP contribution in [0.3, 0.4) is 0 Å². The number of rotatable bonds is 6. The molecule has 3 heterocycles. The average molecular weight is 328 g/mol. The lowest BCUT2D eigenvalue weighted by Crippen LogP contribution is -2.53. The number of hydrogen-bond acceptors (Lipinski definition) is 6. The van der Waals surface area contributed by atoms with Crippen LogP contribution in [0.4, 0.5) is 0 Å². The molecule has 1 atom stereocenters. The van der Waals surface area contributed by atoms with Crippen LogP contribution < -0.4 is 5.32 Å². The maximum Gasteiger partial charge on any atom is 0.0332 e. The van der Waals surface area contributed by atoms with Crippen molar-refractivity contribution in [2.75, 3.05) is 84.8 Å². The minimum Gasteiger partial charge on any atom is -0.310 e. The molecule has 5 nitrogen and oxygen atoms in total. The van der Waals surface area contributed by atoms with Gasteiger partial charge in [0, 0.05) is 70.7 Å². The molecule has 0 saturated carbocycles. The molecule has 22 heavy (non-hydrogen) atoms. The highest BCUT2D eigenvalue weighted by atomic mass is 32.2. The molecule has 0 aliphatic carbocycles. The molecule has 0 bridgehead atoms. The lowest BCUT2D eigenvalue weighted by molar-refractivity contribution is 0.161. The molecule has 3 rings (SSSR count). The van der Waals surface area contributed by atoms with Crippen LogP contribution in [0.1, 0.15) is 12.8 Å². The fraction of sp³-hybridized carbons (Fsp3) is 1.00. The predicted octanol–water partition coefficient (Wildman–Crippen LogP) is 0.252. The molecule has 0 spiro atoms. The molecular formula is C16H33N5S. The summed E-state index contributed by atoms with van der Waals surface area (Å²) < 4.78 is 2.60. The maximum absolute atomic E-state index is 3.71. The number of likely N-dealkylation sites (N-methyl/N-ethyl adjacent to an activating group) is 1. The van der Waals surface area contributed by atoms with Crippen molar-refractivity contribution in [3.05, 3.63) is 0 Å². The highest BCUT2D eigenvalue weighted by Gasteiger charge is 2.23. The van der Waals surface area contributed by atoms with E-state index in [1.54, 1.807) is 0 Å². The molecule has 0 aromatic carbocycles. The Hall–Kier alpha value is 0.150. The van der Waals surface area contributed by atoms with Crippen LogP contribution in [-0.2, 0) is 0 Å². The molecule has 3 fully saturated rings. The molecule has 0 aromatic heterocycles. The van der Waals surface area contributed by atoms with Crippen molar-refractivity contribution < 1.29 is 0 Å². The minimum absolute atomic E-state index is 0.669. The summed E-state index contributed by atoms with van der Waals surface area (Å²) in [6.07, 6.45) is 2.80. The lowest BCUT2D eigenvalue weighted by atomic mass is 10.2. The summed E-state index contributed by atoms with van der Waals surface area (Å²) in [5.41, 5.74) is 0. The second kappa shape index (κ2) is 8.85. The number of hydrogen-bond donors (Lipinski definition) is 1. The van der Waals surface area contributed by atoms with E-state index in [-0.39, 0.29) is 0 Å². The van der Waals surface area contributed by atoms with Crippen LogP contribution in [0, 0.1) is 0 Å². The zero-order valence-corrected chi connectivity index (χ0v) is 15.0. The van der Waals surface area contributed by atoms with E-state index in [4.69, 9.17) is 0 Å². The van der Waals surface area contributed by atoms with Gasteiger partial charge in [-0.2, -0.15) is 0 Å². The number of likely N-dealkylation sites (tertiary alicyclic amines) is 1. The van der Waals surface area contributed by atoms with Gasteiger partial charge in [-0.3, -0.25) is 4.90 Å². The van der Waals surface area contributed by atoms with Gasteiger partial charge in [-0.15, -0.1) is 0 Å². The Morgan fingerprint density at radius 2 is 1.73 bits per heavy atom. The van der Waals surface area contributed by atoms with Crippen LogP contribution in [0.2, 0.25) is 0 Å². The summed E-state index contributed by atoms with van der Waals surface area (Å²) in [6, 6.07) is 0.669. The van der Waals surface area contributed by atoms with Crippen molar-refractivity contribution in [3.8, 4) is 0 Å². The highest BCUT2D eigenvalue weighted by molar-refractivity contribution is 7.97. The van der Waals surface area contributed by atoms with Crippen molar-refractivity contribution in [2.45, 2.75) is 18.9 Å². The first-order valence-corrected chi connectivity index (χ1v) is 9.98. The fourth-order valence-electron chi connectivity index (χ4n) is 3.68. The summed E-state index contributed by atoms with van der Waals surface area (Å²) in [5, 5.41) is 3.71. The number of piperazine rings is 2. The average Bonchev–Trinajstić information content (AvgIpc) is 3.03. The van der Waals surface area contributed by atoms with Gasteiger partial charge in [0.1, 0.15) is 0 Å². The van der Waals surface area contributed by atoms with Crippen molar-refractivity contribution in [3.63, 3.8) is 0 Å². The first-order chi connectivity index (χ1) is 10.8. The standard InChI is InChI=1S/C16H33N5S/c1-18-8-10-19(11-9-18)12-13-22-21-7-4-17-16(15-21)14-20-5-2-3-6-20/h16-17H,2-15H2,1H3/t16-/m0/s1. The topological polar surface area (TPSA) is 25.0 Å². The zero-order chi connectivity index (χ0) is 15.2. The Labute approximate surface area is 140 Å². The third kappa shape index (κ3) is 5.35. The van der Waals surface area contributed by atoms with Crippen LogP contribution in [-0.4, -0.2) is 110 Å². The summed E-state index contributed by atoms with van der Waals surface area (Å²) >= 11 is 2.07. The van der Waals surface area contributed by atoms with Crippen molar-refractivity contribution in [2.24, 2.45) is 0 Å². The molecule has 0 aromatic rings. The molecule has 0 radical (unpaired) electrons. The Kier molecular flexibility index (Phi) is 6.83. The van der Waals surface area contributed by atoms with E-state index in [0.717, 1.165) is 6.54 Å². The van der Waals surface area contributed by atoms with Crippen LogP contribution >= 0.6 is 11.9 Å². The lowest BCUT2D eigenvalue weighted by Gasteiger charge is -2.36. The molecule has 3 aliphatic heterocycles. The third-order valence-electron chi connectivity index (χ3n) is 5.17. The number of nitrogens with one attached hydrogen (secondary N) is 1. The number of nitrogens with zero attached hydrogens (tertiary/aromatic N) is 4. The molecular weight excluding hydrogens is 294 g/mol. The largest absolute Gasteiger partial charge is 0.310 e. The monoisotopic (exact) mass is 327 g/mol. The normalized spacial score (nSPS) is 30.1. The van der Waals surface area contributed by atoms with E-state index in [9.17, 15) is 0 Å². The van der Waals surface area contributed by atoms with Gasteiger partial charge >= 0.3 is 0 Å². The summed E-state index contributed by atoms with van der Waals surface area (Å²) in [4.78, 5) is 7.69. The van der Waals surface area contributed by atoms with Crippen molar-refractivity contribution >= 4 is 11.9 Å². The van der Waals surface area contributed by atoms with Gasteiger partial charge in [-0.1, -0.05) is 11.9 Å². The third-order valence-corrected chi connectivity index (χ3v) is 6.23. The Morgan fingerprint density at radius 1 is 0.955 bits per heavy atom. The Balaban J connectivity index is 1.30. The second-order valence-electron chi connectivity index (χ2n) is 7.02. The molecule has 6 heteroatoms. The summed E-state index contributed by atoms with van der Waals surface area (Å²) in [6.45, 7) is 13.6. The molecule has 128 valence electrons. The smallest absolute Gasteiger partial charge is 0.0332 e. The molecule has 0 unspecified atom stereocenters.